The maximum atomic E-state index is 11.2. The number of aromatic nitrogens is 3. The Kier molecular flexibility index (Phi) is 6.80. The summed E-state index contributed by atoms with van der Waals surface area (Å²) >= 11 is 0. The van der Waals surface area contributed by atoms with Gasteiger partial charge in [0.25, 0.3) is 0 Å². The van der Waals surface area contributed by atoms with Gasteiger partial charge in [0.1, 0.15) is 11.6 Å². The van der Waals surface area contributed by atoms with Crippen molar-refractivity contribution in [1.29, 1.82) is 0 Å². The number of imidazole rings is 1. The molecule has 2 aromatic heterocycles. The van der Waals surface area contributed by atoms with Gasteiger partial charge in [0, 0.05) is 36.1 Å². The second-order valence-corrected chi connectivity index (χ2v) is 7.73. The van der Waals surface area contributed by atoms with E-state index in [9.17, 15) is 4.79 Å². The van der Waals surface area contributed by atoms with Gasteiger partial charge < -0.3 is 9.47 Å². The molecule has 6 heteroatoms. The maximum Gasteiger partial charge on any atom is 0.305 e. The number of ether oxygens (including phenoxy) is 2. The first kappa shape index (κ1) is 21.6. The van der Waals surface area contributed by atoms with Crippen LogP contribution in [0.1, 0.15) is 31.2 Å². The lowest BCUT2D eigenvalue weighted by Gasteiger charge is -2.11. The smallest absolute Gasteiger partial charge is 0.305 e. The van der Waals surface area contributed by atoms with Gasteiger partial charge in [-0.25, -0.2) is 4.98 Å². The molecule has 0 N–H and O–H groups in total. The Morgan fingerprint density at radius 2 is 1.88 bits per heavy atom. The highest BCUT2D eigenvalue weighted by molar-refractivity contribution is 5.84. The van der Waals surface area contributed by atoms with Crippen molar-refractivity contribution in [3.63, 3.8) is 0 Å². The van der Waals surface area contributed by atoms with Crippen LogP contribution in [-0.2, 0) is 9.53 Å². The number of pyridine rings is 1. The summed E-state index contributed by atoms with van der Waals surface area (Å²) in [7, 11) is 1.42. The largest absolute Gasteiger partial charge is 0.494 e. The van der Waals surface area contributed by atoms with E-state index in [0.717, 1.165) is 53.1 Å². The lowest BCUT2D eigenvalue weighted by molar-refractivity contribution is -0.140. The molecule has 4 rings (SSSR count). The van der Waals surface area contributed by atoms with Crippen LogP contribution in [-0.4, -0.2) is 34.2 Å². The predicted octanol–water partition coefficient (Wildman–Crippen LogP) is 5.51. The molecular weight excluding hydrogens is 402 g/mol. The zero-order valence-corrected chi connectivity index (χ0v) is 18.5. The fraction of sp³-hybridized carbons (Fsp3) is 0.269. The van der Waals surface area contributed by atoms with Crippen molar-refractivity contribution < 1.29 is 14.3 Å². The van der Waals surface area contributed by atoms with E-state index in [2.05, 4.69) is 45.5 Å². The van der Waals surface area contributed by atoms with Crippen molar-refractivity contribution in [1.82, 2.24) is 14.5 Å². The summed E-state index contributed by atoms with van der Waals surface area (Å²) in [6, 6.07) is 18.3. The Bertz CT molecular complexity index is 1180. The van der Waals surface area contributed by atoms with Crippen LogP contribution in [0.2, 0.25) is 0 Å². The van der Waals surface area contributed by atoms with Crippen LogP contribution in [0.4, 0.5) is 0 Å². The number of carbonyl (C=O) groups is 1. The van der Waals surface area contributed by atoms with Crippen molar-refractivity contribution in [2.75, 3.05) is 13.7 Å². The van der Waals surface area contributed by atoms with E-state index in [1.165, 1.54) is 12.7 Å². The highest BCUT2D eigenvalue weighted by Gasteiger charge is 2.15. The molecule has 0 spiro atoms. The molecule has 0 radical (unpaired) electrons. The zero-order valence-electron chi connectivity index (χ0n) is 18.5. The standard InChI is InChI=1S/C26H27N3O3/c1-19-9-11-21(12-10-19)29-24-17-22(32-16-5-3-4-8-25(30)31-2)13-14-23(24)28-26(29)20-7-6-15-27-18-20/h6-7,9-15,17-18H,3-5,8,16H2,1-2H3. The van der Waals surface area contributed by atoms with Crippen molar-refractivity contribution in [3.05, 3.63) is 72.6 Å². The Morgan fingerprint density at radius 1 is 1.03 bits per heavy atom. The molecule has 0 amide bonds. The number of rotatable bonds is 9. The van der Waals surface area contributed by atoms with Crippen LogP contribution in [0, 0.1) is 6.92 Å². The zero-order chi connectivity index (χ0) is 22.3. The van der Waals surface area contributed by atoms with Crippen molar-refractivity contribution in [3.8, 4) is 22.8 Å². The fourth-order valence-corrected chi connectivity index (χ4v) is 3.63. The third-order valence-electron chi connectivity index (χ3n) is 5.36. The Balaban J connectivity index is 1.58. The van der Waals surface area contributed by atoms with Crippen LogP contribution in [0.15, 0.2) is 67.0 Å². The number of carbonyl (C=O) groups excluding carboxylic acids is 1. The third-order valence-corrected chi connectivity index (χ3v) is 5.36. The van der Waals surface area contributed by atoms with Crippen molar-refractivity contribution in [2.45, 2.75) is 32.6 Å². The first-order valence-electron chi connectivity index (χ1n) is 10.9. The first-order valence-corrected chi connectivity index (χ1v) is 10.9. The summed E-state index contributed by atoms with van der Waals surface area (Å²) in [6.07, 6.45) is 6.66. The number of esters is 1. The van der Waals surface area contributed by atoms with E-state index in [1.54, 1.807) is 6.20 Å². The third kappa shape index (κ3) is 4.97. The van der Waals surface area contributed by atoms with E-state index in [-0.39, 0.29) is 5.97 Å². The molecule has 0 saturated carbocycles. The molecule has 32 heavy (non-hydrogen) atoms. The quantitative estimate of drug-likeness (QED) is 0.259. The van der Waals surface area contributed by atoms with Crippen molar-refractivity contribution >= 4 is 17.0 Å². The SMILES string of the molecule is COC(=O)CCCCCOc1ccc2nc(-c3cccnc3)n(-c3ccc(C)cc3)c2c1. The Morgan fingerprint density at radius 3 is 2.62 bits per heavy atom. The molecule has 0 bridgehead atoms. The molecular formula is C26H27N3O3. The van der Waals surface area contributed by atoms with Crippen LogP contribution >= 0.6 is 0 Å². The van der Waals surface area contributed by atoms with Gasteiger partial charge in [-0.2, -0.15) is 0 Å². The molecule has 2 aromatic carbocycles. The summed E-state index contributed by atoms with van der Waals surface area (Å²) in [4.78, 5) is 20.4. The van der Waals surface area contributed by atoms with Crippen LogP contribution in [0.5, 0.6) is 5.75 Å². The van der Waals surface area contributed by atoms with Gasteiger partial charge in [-0.1, -0.05) is 17.7 Å². The minimum atomic E-state index is -0.162. The van der Waals surface area contributed by atoms with Gasteiger partial charge in [0.15, 0.2) is 0 Å². The minimum Gasteiger partial charge on any atom is -0.494 e. The van der Waals surface area contributed by atoms with Gasteiger partial charge in [0.2, 0.25) is 0 Å². The van der Waals surface area contributed by atoms with Crippen LogP contribution < -0.4 is 4.74 Å². The monoisotopic (exact) mass is 429 g/mol. The Hall–Kier alpha value is -3.67. The minimum absolute atomic E-state index is 0.162. The van der Waals surface area contributed by atoms with Gasteiger partial charge in [-0.15, -0.1) is 0 Å². The van der Waals surface area contributed by atoms with Gasteiger partial charge in [-0.3, -0.25) is 14.3 Å². The summed E-state index contributed by atoms with van der Waals surface area (Å²) < 4.78 is 12.8. The van der Waals surface area contributed by atoms with Crippen molar-refractivity contribution in [2.24, 2.45) is 0 Å². The molecule has 0 aliphatic rings. The number of methoxy groups -OCH3 is 1. The van der Waals surface area contributed by atoms with Gasteiger partial charge >= 0.3 is 5.97 Å². The summed E-state index contributed by atoms with van der Waals surface area (Å²) in [6.45, 7) is 2.68. The van der Waals surface area contributed by atoms with Crippen LogP contribution in [0.25, 0.3) is 28.1 Å². The summed E-state index contributed by atoms with van der Waals surface area (Å²) in [5.41, 5.74) is 5.08. The summed E-state index contributed by atoms with van der Waals surface area (Å²) in [5, 5.41) is 0. The van der Waals surface area contributed by atoms with E-state index in [4.69, 9.17) is 9.72 Å². The molecule has 0 unspecified atom stereocenters. The number of benzene rings is 2. The topological polar surface area (TPSA) is 66.2 Å². The highest BCUT2D eigenvalue weighted by Crippen LogP contribution is 2.30. The average Bonchev–Trinajstić information content (AvgIpc) is 3.21. The number of nitrogens with zero attached hydrogens (tertiary/aromatic N) is 3. The van der Waals surface area contributed by atoms with E-state index >= 15 is 0 Å². The second kappa shape index (κ2) is 10.1. The summed E-state index contributed by atoms with van der Waals surface area (Å²) in [5.74, 6) is 1.48. The molecule has 0 atom stereocenters. The van der Waals surface area contributed by atoms with Crippen LogP contribution in [0.3, 0.4) is 0 Å². The normalized spacial score (nSPS) is 10.9. The fourth-order valence-electron chi connectivity index (χ4n) is 3.63. The first-order chi connectivity index (χ1) is 15.7. The maximum absolute atomic E-state index is 11.2. The molecule has 0 aliphatic heterocycles. The second-order valence-electron chi connectivity index (χ2n) is 7.73. The van der Waals surface area contributed by atoms with E-state index in [0.29, 0.717) is 13.0 Å². The number of hydrogen-bond acceptors (Lipinski definition) is 5. The van der Waals surface area contributed by atoms with E-state index < -0.39 is 0 Å². The lowest BCUT2D eigenvalue weighted by atomic mass is 10.2. The highest BCUT2D eigenvalue weighted by atomic mass is 16.5. The van der Waals surface area contributed by atoms with Gasteiger partial charge in [-0.05, 0) is 62.6 Å². The van der Waals surface area contributed by atoms with E-state index in [1.807, 2.05) is 36.5 Å². The molecule has 164 valence electrons. The number of fused-ring (bicyclic) bond motifs is 1. The predicted molar refractivity (Wildman–Crippen MR) is 125 cm³/mol. The molecule has 6 nitrogen and oxygen atoms in total. The molecule has 4 aromatic rings. The molecule has 0 aliphatic carbocycles. The number of aryl methyl sites for hydroxylation is 1. The lowest BCUT2D eigenvalue weighted by Crippen LogP contribution is -2.01. The molecule has 2 heterocycles. The Labute approximate surface area is 187 Å². The number of unbranched alkanes of at least 4 members (excludes halogenated alkanes) is 2. The molecule has 0 fully saturated rings. The molecule has 0 saturated heterocycles. The van der Waals surface area contributed by atoms with Gasteiger partial charge in [0.05, 0.1) is 24.8 Å². The number of hydrogen-bond donors (Lipinski definition) is 0. The average molecular weight is 430 g/mol.